The summed E-state index contributed by atoms with van der Waals surface area (Å²) in [5.41, 5.74) is 2.07. The zero-order chi connectivity index (χ0) is 21.3. The lowest BCUT2D eigenvalue weighted by atomic mass is 10.0. The number of hydrogen-bond donors (Lipinski definition) is 0. The number of benzene rings is 1. The van der Waals surface area contributed by atoms with Crippen LogP contribution >= 0.6 is 0 Å². The van der Waals surface area contributed by atoms with Crippen molar-refractivity contribution in [3.63, 3.8) is 0 Å². The largest absolute Gasteiger partial charge is 0.449 e. The molecular formula is C23H21N3O4. The van der Waals surface area contributed by atoms with Crippen LogP contribution in [0.4, 0.5) is 5.69 Å². The molecule has 0 N–H and O–H groups in total. The van der Waals surface area contributed by atoms with Crippen LogP contribution in [0, 0.1) is 18.3 Å². The second kappa shape index (κ2) is 7.91. The third-order valence-electron chi connectivity index (χ3n) is 5.23. The van der Waals surface area contributed by atoms with Crippen molar-refractivity contribution >= 4 is 17.6 Å². The van der Waals surface area contributed by atoms with Gasteiger partial charge < -0.3 is 14.1 Å². The molecule has 7 nitrogen and oxygen atoms in total. The maximum Gasteiger partial charge on any atom is 0.343 e. The van der Waals surface area contributed by atoms with Crippen molar-refractivity contribution in [3.8, 4) is 12.0 Å². The first-order valence-corrected chi connectivity index (χ1v) is 9.78. The van der Waals surface area contributed by atoms with Crippen molar-refractivity contribution in [2.24, 2.45) is 0 Å². The molecule has 1 aliphatic rings. The van der Waals surface area contributed by atoms with Gasteiger partial charge in [-0.15, -0.1) is 0 Å². The van der Waals surface area contributed by atoms with E-state index < -0.39 is 12.1 Å². The fourth-order valence-corrected chi connectivity index (χ4v) is 3.78. The lowest BCUT2D eigenvalue weighted by Crippen LogP contribution is -2.42. The third kappa shape index (κ3) is 3.37. The number of para-hydroxylation sites is 1. The van der Waals surface area contributed by atoms with E-state index in [9.17, 15) is 14.9 Å². The normalized spacial score (nSPS) is 14.0. The highest BCUT2D eigenvalue weighted by atomic mass is 16.5. The van der Waals surface area contributed by atoms with Crippen molar-refractivity contribution in [1.82, 2.24) is 4.57 Å². The highest BCUT2D eigenvalue weighted by Gasteiger charge is 2.31. The topological polar surface area (TPSA) is 88.5 Å². The number of rotatable bonds is 4. The molecule has 7 heteroatoms. The van der Waals surface area contributed by atoms with E-state index in [0.29, 0.717) is 6.54 Å². The number of carbonyl (C=O) groups excluding carboxylic acids is 2. The molecule has 0 saturated carbocycles. The van der Waals surface area contributed by atoms with Crippen molar-refractivity contribution < 1.29 is 18.7 Å². The van der Waals surface area contributed by atoms with E-state index in [1.807, 2.05) is 30.3 Å². The van der Waals surface area contributed by atoms with Gasteiger partial charge in [0.2, 0.25) is 5.88 Å². The van der Waals surface area contributed by atoms with Gasteiger partial charge in [0.25, 0.3) is 5.91 Å². The van der Waals surface area contributed by atoms with Crippen LogP contribution < -0.4 is 4.90 Å². The summed E-state index contributed by atoms with van der Waals surface area (Å²) < 4.78 is 12.7. The smallest absolute Gasteiger partial charge is 0.343 e. The second-order valence-corrected chi connectivity index (χ2v) is 7.19. The first-order valence-electron chi connectivity index (χ1n) is 9.78. The Kier molecular flexibility index (Phi) is 5.15. The molecule has 152 valence electrons. The van der Waals surface area contributed by atoms with Crippen LogP contribution in [0.2, 0.25) is 0 Å². The lowest BCUT2D eigenvalue weighted by molar-refractivity contribution is -0.126. The van der Waals surface area contributed by atoms with Crippen LogP contribution in [0.3, 0.4) is 0 Å². The Balaban J connectivity index is 1.57. The Bertz CT molecular complexity index is 1140. The number of ether oxygens (including phenoxy) is 1. The molecule has 1 unspecified atom stereocenters. The van der Waals surface area contributed by atoms with Gasteiger partial charge in [-0.25, -0.2) is 4.79 Å². The van der Waals surface area contributed by atoms with Gasteiger partial charge in [0.1, 0.15) is 23.0 Å². The Morgan fingerprint density at radius 2 is 1.93 bits per heavy atom. The number of aryl methyl sites for hydroxylation is 2. The molecule has 0 spiro atoms. The molecule has 3 aromatic rings. The maximum atomic E-state index is 13.0. The summed E-state index contributed by atoms with van der Waals surface area (Å²) in [6.45, 7) is 3.72. The summed E-state index contributed by atoms with van der Waals surface area (Å²) in [6, 6.07) is 13.3. The molecule has 0 bridgehead atoms. The second-order valence-electron chi connectivity index (χ2n) is 7.19. The number of anilines is 1. The summed E-state index contributed by atoms with van der Waals surface area (Å²) in [7, 11) is 0. The number of carbonyl (C=O) groups is 2. The fourth-order valence-electron chi connectivity index (χ4n) is 3.78. The zero-order valence-electron chi connectivity index (χ0n) is 16.8. The van der Waals surface area contributed by atoms with Gasteiger partial charge in [-0.1, -0.05) is 18.2 Å². The van der Waals surface area contributed by atoms with Crippen molar-refractivity contribution in [2.75, 3.05) is 11.4 Å². The van der Waals surface area contributed by atoms with Gasteiger partial charge in [-0.3, -0.25) is 9.36 Å². The van der Waals surface area contributed by atoms with Crippen LogP contribution in [0.5, 0.6) is 0 Å². The average molecular weight is 403 g/mol. The van der Waals surface area contributed by atoms with Gasteiger partial charge >= 0.3 is 5.97 Å². The zero-order valence-corrected chi connectivity index (χ0v) is 16.8. The van der Waals surface area contributed by atoms with Gasteiger partial charge in [0.05, 0.1) is 0 Å². The number of furan rings is 1. The molecule has 1 atom stereocenters. The summed E-state index contributed by atoms with van der Waals surface area (Å²) in [6.07, 6.45) is 4.20. The summed E-state index contributed by atoms with van der Waals surface area (Å²) in [5, 5.41) is 9.61. The predicted molar refractivity (Wildman–Crippen MR) is 109 cm³/mol. The summed E-state index contributed by atoms with van der Waals surface area (Å²) in [4.78, 5) is 27.5. The Labute approximate surface area is 174 Å². The highest BCUT2D eigenvalue weighted by Crippen LogP contribution is 2.29. The Morgan fingerprint density at radius 1 is 1.20 bits per heavy atom. The first kappa shape index (κ1) is 19.5. The van der Waals surface area contributed by atoms with Crippen molar-refractivity contribution in [2.45, 2.75) is 32.8 Å². The third-order valence-corrected chi connectivity index (χ3v) is 5.23. The van der Waals surface area contributed by atoms with Gasteiger partial charge in [-0.2, -0.15) is 5.26 Å². The molecular weight excluding hydrogens is 382 g/mol. The first-order chi connectivity index (χ1) is 14.5. The Hall–Kier alpha value is -3.79. The molecule has 0 fully saturated rings. The number of hydrogen-bond acceptors (Lipinski definition) is 5. The van der Waals surface area contributed by atoms with Crippen LogP contribution in [0.1, 0.15) is 40.6 Å². The molecule has 1 aromatic carbocycles. The minimum atomic E-state index is -1.00. The van der Waals surface area contributed by atoms with Crippen LogP contribution in [0.15, 0.2) is 53.2 Å². The predicted octanol–water partition coefficient (Wildman–Crippen LogP) is 3.78. The molecule has 4 rings (SSSR count). The van der Waals surface area contributed by atoms with Gasteiger partial charge in [0, 0.05) is 24.6 Å². The molecule has 1 aliphatic heterocycles. The van der Waals surface area contributed by atoms with Crippen LogP contribution in [-0.2, 0) is 16.0 Å². The lowest BCUT2D eigenvalue weighted by Gasteiger charge is -2.31. The number of fused-ring (bicyclic) bond motifs is 1. The number of nitrogens with zero attached hydrogens (tertiary/aromatic N) is 3. The monoisotopic (exact) mass is 403 g/mol. The standard InChI is InChI=1S/C23H21N3O4/c1-15-20(18(14-24)22(29-15)25-11-5-6-12-25)23(28)30-16(2)21(27)26-13-7-9-17-8-3-4-10-19(17)26/h3-6,8,10-12,16H,7,9,13H2,1-2H3. The SMILES string of the molecule is Cc1oc(-n2cccc2)c(C#N)c1C(=O)OC(C)C(=O)N1CCCc2ccccc21. The summed E-state index contributed by atoms with van der Waals surface area (Å²) >= 11 is 0. The van der Waals surface area contributed by atoms with Crippen LogP contribution in [-0.4, -0.2) is 29.1 Å². The number of amides is 1. The van der Waals surface area contributed by atoms with Crippen molar-refractivity contribution in [1.29, 1.82) is 5.26 Å². The van der Waals surface area contributed by atoms with E-state index in [0.717, 1.165) is 24.1 Å². The van der Waals surface area contributed by atoms with Crippen molar-refractivity contribution in [3.05, 3.63) is 71.2 Å². The molecule has 2 aromatic heterocycles. The van der Waals surface area contributed by atoms with E-state index in [-0.39, 0.29) is 28.7 Å². The molecule has 0 saturated heterocycles. The van der Waals surface area contributed by atoms with Gasteiger partial charge in [0.15, 0.2) is 6.10 Å². The van der Waals surface area contributed by atoms with E-state index in [1.54, 1.807) is 47.8 Å². The van der Waals surface area contributed by atoms with E-state index in [4.69, 9.17) is 9.15 Å². The minimum Gasteiger partial charge on any atom is -0.449 e. The van der Waals surface area contributed by atoms with E-state index >= 15 is 0 Å². The highest BCUT2D eigenvalue weighted by molar-refractivity contribution is 6.01. The van der Waals surface area contributed by atoms with E-state index in [1.165, 1.54) is 0 Å². The summed E-state index contributed by atoms with van der Waals surface area (Å²) in [5.74, 6) is -0.530. The fraction of sp³-hybridized carbons (Fsp3) is 0.261. The molecule has 30 heavy (non-hydrogen) atoms. The average Bonchev–Trinajstić information content (AvgIpc) is 3.40. The molecule has 1 amide bonds. The quantitative estimate of drug-likeness (QED) is 0.619. The molecule has 0 aliphatic carbocycles. The number of esters is 1. The number of aromatic nitrogens is 1. The Morgan fingerprint density at radius 3 is 2.67 bits per heavy atom. The minimum absolute atomic E-state index is 0.0416. The van der Waals surface area contributed by atoms with Gasteiger partial charge in [-0.05, 0) is 50.5 Å². The number of nitriles is 1. The van der Waals surface area contributed by atoms with Crippen LogP contribution in [0.25, 0.3) is 5.88 Å². The molecule has 3 heterocycles. The van der Waals surface area contributed by atoms with E-state index in [2.05, 4.69) is 0 Å². The maximum absolute atomic E-state index is 13.0. The molecule has 0 radical (unpaired) electrons.